The summed E-state index contributed by atoms with van der Waals surface area (Å²) in [6.07, 6.45) is 5.39. The zero-order valence-electron chi connectivity index (χ0n) is 17.9. The van der Waals surface area contributed by atoms with Gasteiger partial charge in [-0.2, -0.15) is 0 Å². The first-order valence-corrected chi connectivity index (χ1v) is 11.7. The van der Waals surface area contributed by atoms with Gasteiger partial charge in [-0.25, -0.2) is 23.2 Å². The van der Waals surface area contributed by atoms with Crippen molar-refractivity contribution in [1.82, 2.24) is 19.9 Å². The normalized spacial score (nSPS) is 11.3. The van der Waals surface area contributed by atoms with Crippen LogP contribution in [0.3, 0.4) is 0 Å². The molecule has 1 aromatic carbocycles. The van der Waals surface area contributed by atoms with Crippen LogP contribution in [0.4, 0.5) is 23.0 Å². The van der Waals surface area contributed by atoms with Gasteiger partial charge < -0.3 is 26.0 Å². The summed E-state index contributed by atoms with van der Waals surface area (Å²) < 4.78 is 25.0. The Morgan fingerprint density at radius 2 is 1.94 bits per heavy atom. The Kier molecular flexibility index (Phi) is 5.84. The predicted molar refractivity (Wildman–Crippen MR) is 129 cm³/mol. The van der Waals surface area contributed by atoms with Gasteiger partial charge in [0.25, 0.3) is 0 Å². The molecule has 0 amide bonds. The van der Waals surface area contributed by atoms with Gasteiger partial charge in [-0.05, 0) is 24.3 Å². The van der Waals surface area contributed by atoms with Crippen LogP contribution in [-0.2, 0) is 16.6 Å². The van der Waals surface area contributed by atoms with Gasteiger partial charge in [0.05, 0.1) is 17.3 Å². The van der Waals surface area contributed by atoms with Crippen LogP contribution in [0.25, 0.3) is 11.0 Å². The molecule has 0 bridgehead atoms. The maximum Gasteiger partial charge on any atom is 0.323 e. The maximum atomic E-state index is 12.0. The van der Waals surface area contributed by atoms with E-state index in [0.29, 0.717) is 39.5 Å². The van der Waals surface area contributed by atoms with Crippen molar-refractivity contribution in [2.24, 2.45) is 0 Å². The quantitative estimate of drug-likeness (QED) is 0.249. The Labute approximate surface area is 189 Å². The maximum absolute atomic E-state index is 12.0. The first kappa shape index (κ1) is 22.0. The lowest BCUT2D eigenvalue weighted by Gasteiger charge is -2.19. The molecule has 0 unspecified atom stereocenters. The minimum atomic E-state index is -3.47. The SMILES string of the molecule is CN(c1ncccc1CNc1cc(Nc2ccc3[nH]c(=O)[nH]c3c2)ncc1C=N)S(C)(=O)=O. The van der Waals surface area contributed by atoms with Gasteiger partial charge >= 0.3 is 5.69 Å². The minimum Gasteiger partial charge on any atom is -0.380 e. The molecule has 0 fully saturated rings. The zero-order chi connectivity index (χ0) is 23.6. The number of anilines is 4. The van der Waals surface area contributed by atoms with Gasteiger partial charge in [0, 0.05) is 60.8 Å². The van der Waals surface area contributed by atoms with Crippen molar-refractivity contribution in [3.05, 3.63) is 70.4 Å². The van der Waals surface area contributed by atoms with Crippen LogP contribution in [0.15, 0.2) is 53.6 Å². The van der Waals surface area contributed by atoms with Gasteiger partial charge in [0.15, 0.2) is 0 Å². The number of imidazole rings is 1. The van der Waals surface area contributed by atoms with Crippen LogP contribution < -0.4 is 20.6 Å². The highest BCUT2D eigenvalue weighted by molar-refractivity contribution is 7.92. The van der Waals surface area contributed by atoms with E-state index in [1.165, 1.54) is 19.5 Å². The number of pyridine rings is 2. The van der Waals surface area contributed by atoms with Crippen LogP contribution in [0.5, 0.6) is 0 Å². The molecule has 33 heavy (non-hydrogen) atoms. The number of benzene rings is 1. The molecule has 12 heteroatoms. The summed E-state index contributed by atoms with van der Waals surface area (Å²) in [6.45, 7) is 0.282. The Morgan fingerprint density at radius 3 is 2.70 bits per heavy atom. The number of hydrogen-bond acceptors (Lipinski definition) is 8. The third kappa shape index (κ3) is 4.85. The number of aromatic amines is 2. The molecule has 0 aliphatic heterocycles. The van der Waals surface area contributed by atoms with Crippen LogP contribution in [0.1, 0.15) is 11.1 Å². The van der Waals surface area contributed by atoms with E-state index in [9.17, 15) is 13.2 Å². The first-order chi connectivity index (χ1) is 15.7. The summed E-state index contributed by atoms with van der Waals surface area (Å²) in [5, 5.41) is 14.1. The van der Waals surface area contributed by atoms with Gasteiger partial charge in [-0.3, -0.25) is 4.31 Å². The second-order valence-corrected chi connectivity index (χ2v) is 9.35. The average molecular weight is 467 g/mol. The van der Waals surface area contributed by atoms with E-state index in [2.05, 4.69) is 30.6 Å². The van der Waals surface area contributed by atoms with Crippen molar-refractivity contribution in [3.63, 3.8) is 0 Å². The molecule has 170 valence electrons. The second kappa shape index (κ2) is 8.74. The fourth-order valence-corrected chi connectivity index (χ4v) is 3.74. The third-order valence-electron chi connectivity index (χ3n) is 5.01. The molecular weight excluding hydrogens is 444 g/mol. The molecule has 0 saturated carbocycles. The standard InChI is InChI=1S/C21H22N8O3S/c1-29(33(2,31)32)20-13(4-3-7-23-20)11-24-17-9-19(25-12-14(17)10-22)26-15-5-6-16-18(8-15)28-21(30)27-16/h3-10,12,22H,11H2,1-2H3,(H2,24,25,26)(H2,27,28,30). The Morgan fingerprint density at radius 1 is 1.15 bits per heavy atom. The minimum absolute atomic E-state index is 0.279. The smallest absolute Gasteiger partial charge is 0.323 e. The molecule has 0 spiro atoms. The van der Waals surface area contributed by atoms with E-state index >= 15 is 0 Å². The highest BCUT2D eigenvalue weighted by Gasteiger charge is 2.17. The second-order valence-electron chi connectivity index (χ2n) is 7.34. The number of H-pyrrole nitrogens is 2. The molecule has 3 aromatic heterocycles. The molecule has 4 rings (SSSR count). The number of nitrogens with zero attached hydrogens (tertiary/aromatic N) is 3. The van der Waals surface area contributed by atoms with E-state index in [0.717, 1.165) is 16.2 Å². The Hall–Kier alpha value is -4.19. The van der Waals surface area contributed by atoms with Crippen LogP contribution in [0.2, 0.25) is 0 Å². The summed E-state index contributed by atoms with van der Waals surface area (Å²) in [4.78, 5) is 25.4. The lowest BCUT2D eigenvalue weighted by Crippen LogP contribution is -2.27. The number of fused-ring (bicyclic) bond motifs is 1. The van der Waals surface area contributed by atoms with Crippen LogP contribution in [-0.4, -0.2) is 47.9 Å². The lowest BCUT2D eigenvalue weighted by atomic mass is 10.2. The predicted octanol–water partition coefficient (Wildman–Crippen LogP) is 2.40. The molecule has 0 saturated heterocycles. The third-order valence-corrected chi connectivity index (χ3v) is 6.18. The highest BCUT2D eigenvalue weighted by atomic mass is 32.2. The van der Waals surface area contributed by atoms with Crippen molar-refractivity contribution < 1.29 is 8.42 Å². The summed E-state index contributed by atoms with van der Waals surface area (Å²) in [7, 11) is -2.02. The number of rotatable bonds is 8. The van der Waals surface area contributed by atoms with E-state index in [4.69, 9.17) is 5.41 Å². The van der Waals surface area contributed by atoms with Gasteiger partial charge in [0.1, 0.15) is 11.6 Å². The van der Waals surface area contributed by atoms with Gasteiger partial charge in [-0.1, -0.05) is 6.07 Å². The fourth-order valence-electron chi connectivity index (χ4n) is 3.26. The molecule has 0 aliphatic rings. The van der Waals surface area contributed by atoms with E-state index in [1.807, 2.05) is 6.07 Å². The van der Waals surface area contributed by atoms with Crippen molar-refractivity contribution in [1.29, 1.82) is 5.41 Å². The van der Waals surface area contributed by atoms with E-state index in [-0.39, 0.29) is 12.2 Å². The zero-order valence-corrected chi connectivity index (χ0v) is 18.7. The Balaban J connectivity index is 1.58. The number of hydrogen-bond donors (Lipinski definition) is 5. The van der Waals surface area contributed by atoms with Crippen molar-refractivity contribution in [2.75, 3.05) is 28.2 Å². The highest BCUT2D eigenvalue weighted by Crippen LogP contribution is 2.24. The first-order valence-electron chi connectivity index (χ1n) is 9.86. The van der Waals surface area contributed by atoms with Crippen molar-refractivity contribution in [2.45, 2.75) is 6.54 Å². The number of aromatic nitrogens is 4. The molecule has 0 atom stereocenters. The molecular formula is C21H22N8O3S. The van der Waals surface area contributed by atoms with Gasteiger partial charge in [0.2, 0.25) is 10.0 Å². The molecule has 3 heterocycles. The fraction of sp³-hybridized carbons (Fsp3) is 0.143. The molecule has 0 radical (unpaired) electrons. The molecule has 4 aromatic rings. The lowest BCUT2D eigenvalue weighted by molar-refractivity contribution is 0.599. The summed E-state index contributed by atoms with van der Waals surface area (Å²) in [5.41, 5.74) is 3.68. The molecule has 11 nitrogen and oxygen atoms in total. The van der Waals surface area contributed by atoms with Gasteiger partial charge in [-0.15, -0.1) is 0 Å². The summed E-state index contributed by atoms with van der Waals surface area (Å²) in [6, 6.07) is 10.6. The van der Waals surface area contributed by atoms with E-state index < -0.39 is 10.0 Å². The van der Waals surface area contributed by atoms with Crippen molar-refractivity contribution in [3.8, 4) is 0 Å². The summed E-state index contributed by atoms with van der Waals surface area (Å²) >= 11 is 0. The van der Waals surface area contributed by atoms with Crippen molar-refractivity contribution >= 4 is 50.3 Å². The van der Waals surface area contributed by atoms with E-state index in [1.54, 1.807) is 36.5 Å². The molecule has 0 aliphatic carbocycles. The number of sulfonamides is 1. The largest absolute Gasteiger partial charge is 0.380 e. The van der Waals surface area contributed by atoms with Crippen LogP contribution >= 0.6 is 0 Å². The topological polar surface area (TPSA) is 160 Å². The monoisotopic (exact) mass is 466 g/mol. The summed E-state index contributed by atoms with van der Waals surface area (Å²) in [5.74, 6) is 0.852. The average Bonchev–Trinajstić information content (AvgIpc) is 3.16. The molecule has 5 N–H and O–H groups in total. The number of nitrogens with one attached hydrogen (secondary N) is 5. The Bertz CT molecular complexity index is 1490. The van der Waals surface area contributed by atoms with Crippen LogP contribution in [0, 0.1) is 5.41 Å².